The summed E-state index contributed by atoms with van der Waals surface area (Å²) < 4.78 is 90.7. The van der Waals surface area contributed by atoms with Crippen molar-refractivity contribution in [2.45, 2.75) is 37.5 Å². The zero-order valence-corrected chi connectivity index (χ0v) is 27.1. The average molecular weight is 753 g/mol. The summed E-state index contributed by atoms with van der Waals surface area (Å²) in [5.74, 6) is -1.71. The van der Waals surface area contributed by atoms with E-state index in [1.807, 2.05) is 0 Å². The maximum absolute atomic E-state index is 12.7. The van der Waals surface area contributed by atoms with Crippen molar-refractivity contribution in [1.82, 2.24) is 15.1 Å². The number of halogens is 7. The summed E-state index contributed by atoms with van der Waals surface area (Å²) in [6, 6.07) is 7.63. The third-order valence-corrected chi connectivity index (χ3v) is 8.52. The molecule has 17 heteroatoms. The van der Waals surface area contributed by atoms with Gasteiger partial charge in [-0.3, -0.25) is 14.4 Å². The number of methoxy groups -OCH3 is 1. The van der Waals surface area contributed by atoms with E-state index in [9.17, 15) is 45.5 Å². The van der Waals surface area contributed by atoms with Crippen molar-refractivity contribution in [1.29, 1.82) is 0 Å². The Hall–Kier alpha value is -3.70. The van der Waals surface area contributed by atoms with Crippen LogP contribution in [0.5, 0.6) is 0 Å². The van der Waals surface area contributed by atoms with Gasteiger partial charge in [-0.15, -0.1) is 0 Å². The quantitative estimate of drug-likeness (QED) is 0.236. The Morgan fingerprint density at radius 3 is 1.85 bits per heavy atom. The number of esters is 1. The molecule has 3 saturated heterocycles. The van der Waals surface area contributed by atoms with E-state index in [0.717, 1.165) is 24.3 Å². The molecular formula is C31H32BrF6N3O7. The summed E-state index contributed by atoms with van der Waals surface area (Å²) >= 11 is 3.07. The van der Waals surface area contributed by atoms with Crippen molar-refractivity contribution in [3.8, 4) is 0 Å². The molecule has 3 heterocycles. The van der Waals surface area contributed by atoms with E-state index in [0.29, 0.717) is 37.6 Å². The summed E-state index contributed by atoms with van der Waals surface area (Å²) in [5, 5.41) is 2.52. The molecule has 2 aromatic rings. The monoisotopic (exact) mass is 751 g/mol. The van der Waals surface area contributed by atoms with Gasteiger partial charge < -0.3 is 29.3 Å². The number of nitrogens with zero attached hydrogens (tertiary/aromatic N) is 2. The fourth-order valence-electron chi connectivity index (χ4n) is 5.30. The Bertz CT molecular complexity index is 1450. The van der Waals surface area contributed by atoms with Gasteiger partial charge in [0.15, 0.2) is 0 Å². The van der Waals surface area contributed by atoms with Gasteiger partial charge in [-0.2, -0.15) is 26.3 Å². The molecule has 3 aliphatic heterocycles. The molecule has 10 nitrogen and oxygen atoms in total. The number of hydrogen-bond acceptors (Lipinski definition) is 7. The Labute approximate surface area is 279 Å². The maximum Gasteiger partial charge on any atom is 0.416 e. The fourth-order valence-corrected chi connectivity index (χ4v) is 5.62. The number of rotatable bonds is 9. The van der Waals surface area contributed by atoms with Crippen LogP contribution in [0, 0.1) is 11.8 Å². The number of nitrogens with one attached hydrogen (secondary N) is 1. The van der Waals surface area contributed by atoms with Crippen molar-refractivity contribution < 1.29 is 59.7 Å². The van der Waals surface area contributed by atoms with Crippen LogP contribution >= 0.6 is 15.9 Å². The third kappa shape index (κ3) is 9.05. The molecule has 3 aliphatic rings. The molecule has 3 fully saturated rings. The minimum absolute atomic E-state index is 0.00115. The molecule has 0 radical (unpaired) electrons. The van der Waals surface area contributed by atoms with Gasteiger partial charge in [0.1, 0.15) is 12.1 Å². The smallest absolute Gasteiger partial charge is 0.416 e. The molecular weight excluding hydrogens is 720 g/mol. The van der Waals surface area contributed by atoms with Gasteiger partial charge in [0.05, 0.1) is 56.5 Å². The summed E-state index contributed by atoms with van der Waals surface area (Å²) in [6.07, 6.45) is -8.83. The zero-order chi connectivity index (χ0) is 35.2. The molecule has 3 amide bonds. The second kappa shape index (κ2) is 15.7. The minimum Gasteiger partial charge on any atom is -0.467 e. The zero-order valence-electron chi connectivity index (χ0n) is 25.5. The van der Waals surface area contributed by atoms with Crippen LogP contribution in [0.2, 0.25) is 0 Å². The number of carbonyl (C=O) groups is 4. The van der Waals surface area contributed by atoms with E-state index in [1.54, 1.807) is 0 Å². The molecule has 0 saturated carbocycles. The molecule has 0 spiro atoms. The first kappa shape index (κ1) is 37.1. The molecule has 5 rings (SSSR count). The topological polar surface area (TPSA) is 114 Å². The Kier molecular flexibility index (Phi) is 12.1. The average Bonchev–Trinajstić information content (AvgIpc) is 2.99. The lowest BCUT2D eigenvalue weighted by Crippen LogP contribution is -2.63. The Morgan fingerprint density at radius 2 is 1.44 bits per heavy atom. The minimum atomic E-state index is -4.43. The van der Waals surface area contributed by atoms with Crippen molar-refractivity contribution >= 4 is 39.6 Å². The van der Waals surface area contributed by atoms with E-state index in [2.05, 4.69) is 21.2 Å². The van der Waals surface area contributed by atoms with Crippen molar-refractivity contribution in [3.63, 3.8) is 0 Å². The molecule has 2 atom stereocenters. The number of piperazine rings is 1. The largest absolute Gasteiger partial charge is 0.467 e. The van der Waals surface area contributed by atoms with Gasteiger partial charge in [-0.05, 0) is 35.4 Å². The van der Waals surface area contributed by atoms with Crippen LogP contribution in [-0.4, -0.2) is 91.0 Å². The van der Waals surface area contributed by atoms with Crippen LogP contribution in [0.15, 0.2) is 48.5 Å². The molecule has 2 unspecified atom stereocenters. The number of carbonyl (C=O) groups excluding carboxylic acids is 4. The lowest BCUT2D eigenvalue weighted by atomic mass is 9.93. The van der Waals surface area contributed by atoms with Crippen LogP contribution in [0.4, 0.5) is 26.3 Å². The highest BCUT2D eigenvalue weighted by atomic mass is 79.9. The van der Waals surface area contributed by atoms with Crippen LogP contribution in [0.3, 0.4) is 0 Å². The first-order valence-corrected chi connectivity index (χ1v) is 15.7. The van der Waals surface area contributed by atoms with Gasteiger partial charge in [0.2, 0.25) is 17.7 Å². The van der Waals surface area contributed by atoms with Gasteiger partial charge in [0, 0.05) is 24.9 Å². The van der Waals surface area contributed by atoms with Crippen molar-refractivity contribution in [3.05, 3.63) is 70.8 Å². The molecule has 262 valence electrons. The van der Waals surface area contributed by atoms with Gasteiger partial charge >= 0.3 is 18.3 Å². The second-order valence-corrected chi connectivity index (χ2v) is 11.9. The van der Waals surface area contributed by atoms with E-state index in [4.69, 9.17) is 14.2 Å². The summed E-state index contributed by atoms with van der Waals surface area (Å²) in [7, 11) is 1.23. The summed E-state index contributed by atoms with van der Waals surface area (Å²) in [4.78, 5) is 51.4. The number of ether oxygens (including phenoxy) is 3. The highest BCUT2D eigenvalue weighted by Gasteiger charge is 2.43. The molecule has 2 aromatic carbocycles. The molecule has 1 N–H and O–H groups in total. The lowest BCUT2D eigenvalue weighted by Gasteiger charge is -2.42. The molecule has 0 bridgehead atoms. The first-order valence-electron chi connectivity index (χ1n) is 14.6. The second-order valence-electron chi connectivity index (χ2n) is 11.3. The van der Waals surface area contributed by atoms with E-state index >= 15 is 0 Å². The Balaban J connectivity index is 0.000000217. The van der Waals surface area contributed by atoms with E-state index in [-0.39, 0.29) is 54.5 Å². The number of amides is 3. The highest BCUT2D eigenvalue weighted by molar-refractivity contribution is 9.09. The number of alkyl halides is 7. The van der Waals surface area contributed by atoms with Crippen LogP contribution in [0.1, 0.15) is 22.3 Å². The van der Waals surface area contributed by atoms with Gasteiger partial charge in [-0.1, -0.05) is 40.2 Å². The Morgan fingerprint density at radius 1 is 0.917 bits per heavy atom. The van der Waals surface area contributed by atoms with Crippen LogP contribution in [0.25, 0.3) is 0 Å². The molecule has 0 aliphatic carbocycles. The van der Waals surface area contributed by atoms with Crippen molar-refractivity contribution in [2.24, 2.45) is 11.8 Å². The summed E-state index contributed by atoms with van der Waals surface area (Å²) in [6.45, 7) is 1.44. The first-order chi connectivity index (χ1) is 22.6. The third-order valence-electron chi connectivity index (χ3n) is 8.04. The number of benzene rings is 2. The summed E-state index contributed by atoms with van der Waals surface area (Å²) in [5.41, 5.74) is -0.484. The SMILES string of the molecule is COC(=O)C(C1COC1)N(Cc1ccc(C(F)(F)F)cc1)C(=O)CBr.O=C1NCC(=O)N(Cc2ccc(C(F)(F)F)cc2)C1C1COC1. The number of hydrogen-bond donors (Lipinski definition) is 1. The normalized spacial score (nSPS) is 19.2. The molecule has 48 heavy (non-hydrogen) atoms. The van der Waals surface area contributed by atoms with Crippen molar-refractivity contribution in [2.75, 3.05) is 45.4 Å². The molecule has 0 aromatic heterocycles. The van der Waals surface area contributed by atoms with Gasteiger partial charge in [0.25, 0.3) is 0 Å². The van der Waals surface area contributed by atoms with Crippen LogP contribution < -0.4 is 5.32 Å². The van der Waals surface area contributed by atoms with Gasteiger partial charge in [-0.25, -0.2) is 4.79 Å². The lowest BCUT2D eigenvalue weighted by molar-refractivity contribution is -0.164. The van der Waals surface area contributed by atoms with Crippen LogP contribution in [-0.2, 0) is 58.8 Å². The van der Waals surface area contributed by atoms with E-state index < -0.39 is 41.5 Å². The predicted octanol–water partition coefficient (Wildman–Crippen LogP) is 3.80. The predicted molar refractivity (Wildman–Crippen MR) is 159 cm³/mol. The van der Waals surface area contributed by atoms with E-state index in [1.165, 1.54) is 41.2 Å². The maximum atomic E-state index is 12.7. The highest BCUT2D eigenvalue weighted by Crippen LogP contribution is 2.31. The fraction of sp³-hybridized carbons (Fsp3) is 0.484. The standard InChI is InChI=1S/C16H17BrF3NO4.C15H15F3N2O3/c1-24-15(23)14(11-8-25-9-11)21(13(22)6-17)7-10-2-4-12(5-3-10)16(18,19)20;16-15(17,18)11-3-1-9(2-4-11)6-20-12(21)5-19-14(22)13(20)10-7-23-8-10/h2-5,11,14H,6-9H2,1H3;1-4,10,13H,5-8H2,(H,19,22).